The molecule has 0 bridgehead atoms. The average molecular weight is 298 g/mol. The lowest BCUT2D eigenvalue weighted by atomic mass is 10.3. The fraction of sp³-hybridized carbons (Fsp3) is 0.231. The molecular weight excluding hydrogens is 283 g/mol. The Bertz CT molecular complexity index is 725. The number of hydrogen-bond donors (Lipinski definition) is 1. The summed E-state index contributed by atoms with van der Waals surface area (Å²) in [6, 6.07) is 5.15. The van der Waals surface area contributed by atoms with Crippen molar-refractivity contribution in [2.45, 2.75) is 18.4 Å². The molecule has 0 amide bonds. The molecule has 2 rings (SSSR count). The zero-order chi connectivity index (χ0) is 14.9. The van der Waals surface area contributed by atoms with E-state index >= 15 is 0 Å². The maximum absolute atomic E-state index is 13.7. The van der Waals surface area contributed by atoms with Crippen molar-refractivity contribution in [2.24, 2.45) is 0 Å². The van der Waals surface area contributed by atoms with Crippen molar-refractivity contribution in [3.63, 3.8) is 0 Å². The highest BCUT2D eigenvalue weighted by Crippen LogP contribution is 2.23. The van der Waals surface area contributed by atoms with E-state index in [-0.39, 0.29) is 12.2 Å². The smallest absolute Gasteiger partial charge is 0.246 e. The van der Waals surface area contributed by atoms with Gasteiger partial charge in [0.2, 0.25) is 10.0 Å². The van der Waals surface area contributed by atoms with Crippen LogP contribution in [0.15, 0.2) is 39.8 Å². The van der Waals surface area contributed by atoms with Crippen molar-refractivity contribution < 1.29 is 17.2 Å². The molecular formula is C13H15FN2O3S. The summed E-state index contributed by atoms with van der Waals surface area (Å²) < 4.78 is 44.6. The number of nitrogens with two attached hydrogens (primary N) is 1. The number of aryl methyl sites for hydroxylation is 1. The zero-order valence-electron chi connectivity index (χ0n) is 11.1. The lowest BCUT2D eigenvalue weighted by molar-refractivity contribution is 0.453. The largest absolute Gasteiger partial charge is 0.469 e. The van der Waals surface area contributed by atoms with E-state index in [9.17, 15) is 12.8 Å². The van der Waals surface area contributed by atoms with Crippen LogP contribution in [-0.2, 0) is 16.6 Å². The summed E-state index contributed by atoms with van der Waals surface area (Å²) in [5.74, 6) is -0.199. The van der Waals surface area contributed by atoms with Gasteiger partial charge in [-0.05, 0) is 31.2 Å². The van der Waals surface area contributed by atoms with E-state index in [0.717, 1.165) is 22.0 Å². The van der Waals surface area contributed by atoms with Crippen LogP contribution in [0.25, 0.3) is 0 Å². The van der Waals surface area contributed by atoms with Gasteiger partial charge in [0.25, 0.3) is 0 Å². The van der Waals surface area contributed by atoms with Crippen molar-refractivity contribution in [1.29, 1.82) is 0 Å². The van der Waals surface area contributed by atoms with Gasteiger partial charge in [-0.15, -0.1) is 0 Å². The molecule has 0 spiro atoms. The van der Waals surface area contributed by atoms with Gasteiger partial charge < -0.3 is 10.2 Å². The molecule has 7 heteroatoms. The summed E-state index contributed by atoms with van der Waals surface area (Å²) in [4.78, 5) is -0.429. The molecule has 0 saturated carbocycles. The standard InChI is InChI=1S/C13H15FN2O3S/c1-9-10(5-6-19-9)8-16(2)20(17,18)13-7-11(15)3-4-12(13)14/h3-7H,8,15H2,1-2H3. The van der Waals surface area contributed by atoms with Crippen LogP contribution < -0.4 is 5.73 Å². The molecule has 1 aromatic heterocycles. The van der Waals surface area contributed by atoms with Gasteiger partial charge in [-0.3, -0.25) is 0 Å². The minimum atomic E-state index is -3.95. The summed E-state index contributed by atoms with van der Waals surface area (Å²) in [6.45, 7) is 1.83. The van der Waals surface area contributed by atoms with Crippen molar-refractivity contribution >= 4 is 15.7 Å². The minimum absolute atomic E-state index is 0.0961. The summed E-state index contributed by atoms with van der Waals surface area (Å²) in [5, 5.41) is 0. The number of nitrogens with zero attached hydrogens (tertiary/aromatic N) is 1. The first-order chi connectivity index (χ1) is 9.32. The number of sulfonamides is 1. The Labute approximate surface area is 116 Å². The summed E-state index contributed by atoms with van der Waals surface area (Å²) in [5.41, 5.74) is 6.43. The van der Waals surface area contributed by atoms with Gasteiger partial charge in [-0.1, -0.05) is 0 Å². The second kappa shape index (κ2) is 5.26. The van der Waals surface area contributed by atoms with Gasteiger partial charge in [-0.2, -0.15) is 4.31 Å². The molecule has 1 aromatic carbocycles. The number of benzene rings is 1. The number of nitrogen functional groups attached to an aromatic ring is 1. The van der Waals surface area contributed by atoms with Crippen molar-refractivity contribution in [3.8, 4) is 0 Å². The number of anilines is 1. The summed E-state index contributed by atoms with van der Waals surface area (Å²) >= 11 is 0. The Morgan fingerprint density at radius 1 is 1.35 bits per heavy atom. The predicted octanol–water partition coefficient (Wildman–Crippen LogP) is 2.13. The molecule has 0 fully saturated rings. The minimum Gasteiger partial charge on any atom is -0.469 e. The Balaban J connectivity index is 2.35. The van der Waals surface area contributed by atoms with Crippen LogP contribution >= 0.6 is 0 Å². The van der Waals surface area contributed by atoms with Gasteiger partial charge in [0.15, 0.2) is 0 Å². The van der Waals surface area contributed by atoms with Crippen molar-refractivity contribution in [3.05, 3.63) is 47.7 Å². The second-order valence-corrected chi connectivity index (χ2v) is 6.47. The Morgan fingerprint density at radius 3 is 2.65 bits per heavy atom. The van der Waals surface area contributed by atoms with Crippen LogP contribution in [0.2, 0.25) is 0 Å². The van der Waals surface area contributed by atoms with Crippen molar-refractivity contribution in [1.82, 2.24) is 4.31 Å². The maximum Gasteiger partial charge on any atom is 0.246 e. The SMILES string of the molecule is Cc1occc1CN(C)S(=O)(=O)c1cc(N)ccc1F. The van der Waals surface area contributed by atoms with Crippen LogP contribution in [0.4, 0.5) is 10.1 Å². The first-order valence-corrected chi connectivity index (χ1v) is 7.30. The second-order valence-electron chi connectivity index (χ2n) is 4.45. The van der Waals surface area contributed by atoms with E-state index in [4.69, 9.17) is 10.2 Å². The Hall–Kier alpha value is -1.86. The lowest BCUT2D eigenvalue weighted by Crippen LogP contribution is -2.27. The molecule has 0 atom stereocenters. The summed E-state index contributed by atoms with van der Waals surface area (Å²) in [7, 11) is -2.57. The molecule has 0 aliphatic carbocycles. The molecule has 1 heterocycles. The van der Waals surface area contributed by atoms with E-state index < -0.39 is 20.7 Å². The highest BCUT2D eigenvalue weighted by molar-refractivity contribution is 7.89. The van der Waals surface area contributed by atoms with Gasteiger partial charge in [0, 0.05) is 24.8 Å². The van der Waals surface area contributed by atoms with Crippen molar-refractivity contribution in [2.75, 3.05) is 12.8 Å². The summed E-state index contributed by atoms with van der Waals surface area (Å²) in [6.07, 6.45) is 1.48. The first-order valence-electron chi connectivity index (χ1n) is 5.86. The van der Waals surface area contributed by atoms with Gasteiger partial charge in [0.05, 0.1) is 6.26 Å². The highest BCUT2D eigenvalue weighted by atomic mass is 32.2. The van der Waals surface area contributed by atoms with Gasteiger partial charge in [-0.25, -0.2) is 12.8 Å². The van der Waals surface area contributed by atoms with Crippen LogP contribution in [-0.4, -0.2) is 19.8 Å². The molecule has 108 valence electrons. The third-order valence-corrected chi connectivity index (χ3v) is 4.82. The van der Waals surface area contributed by atoms with Gasteiger partial charge >= 0.3 is 0 Å². The quantitative estimate of drug-likeness (QED) is 0.877. The molecule has 0 aliphatic rings. The number of furan rings is 1. The number of hydrogen-bond acceptors (Lipinski definition) is 4. The molecule has 2 aromatic rings. The molecule has 0 saturated heterocycles. The molecule has 0 unspecified atom stereocenters. The van der Waals surface area contributed by atoms with E-state index in [1.54, 1.807) is 13.0 Å². The van der Waals surface area contributed by atoms with E-state index in [0.29, 0.717) is 5.76 Å². The number of rotatable bonds is 4. The fourth-order valence-corrected chi connectivity index (χ4v) is 3.03. The van der Waals surface area contributed by atoms with Crippen LogP contribution in [0, 0.1) is 12.7 Å². The van der Waals surface area contributed by atoms with E-state index in [1.165, 1.54) is 19.4 Å². The fourth-order valence-electron chi connectivity index (χ4n) is 1.79. The van der Waals surface area contributed by atoms with Crippen LogP contribution in [0.5, 0.6) is 0 Å². The van der Waals surface area contributed by atoms with E-state index in [2.05, 4.69) is 0 Å². The normalized spacial score (nSPS) is 12.0. The van der Waals surface area contributed by atoms with E-state index in [1.807, 2.05) is 0 Å². The average Bonchev–Trinajstić information content (AvgIpc) is 2.78. The zero-order valence-corrected chi connectivity index (χ0v) is 11.9. The monoisotopic (exact) mass is 298 g/mol. The molecule has 5 nitrogen and oxygen atoms in total. The molecule has 0 radical (unpaired) electrons. The van der Waals surface area contributed by atoms with Crippen LogP contribution in [0.1, 0.15) is 11.3 Å². The molecule has 20 heavy (non-hydrogen) atoms. The third-order valence-electron chi connectivity index (χ3n) is 3.00. The molecule has 2 N–H and O–H groups in total. The predicted molar refractivity (Wildman–Crippen MR) is 72.9 cm³/mol. The maximum atomic E-state index is 13.7. The topological polar surface area (TPSA) is 76.5 Å². The lowest BCUT2D eigenvalue weighted by Gasteiger charge is -2.17. The molecule has 0 aliphatic heterocycles. The highest BCUT2D eigenvalue weighted by Gasteiger charge is 2.25. The van der Waals surface area contributed by atoms with Crippen LogP contribution in [0.3, 0.4) is 0 Å². The Kier molecular flexibility index (Phi) is 3.82. The number of halogens is 1. The first kappa shape index (κ1) is 14.5. The van der Waals surface area contributed by atoms with Gasteiger partial charge in [0.1, 0.15) is 16.5 Å². The third kappa shape index (κ3) is 2.68. The Morgan fingerprint density at radius 2 is 2.05 bits per heavy atom.